The van der Waals surface area contributed by atoms with Gasteiger partial charge in [-0.05, 0) is 12.8 Å². The Labute approximate surface area is 122 Å². The third-order valence-electron chi connectivity index (χ3n) is 3.31. The number of thiazole rings is 1. The Bertz CT molecular complexity index is 488. The normalized spacial score (nSPS) is 18.1. The van der Waals surface area contributed by atoms with Crippen LogP contribution >= 0.6 is 11.3 Å². The summed E-state index contributed by atoms with van der Waals surface area (Å²) in [6.45, 7) is 5.19. The first-order chi connectivity index (χ1) is 9.62. The van der Waals surface area contributed by atoms with Gasteiger partial charge in [-0.25, -0.2) is 9.78 Å². The van der Waals surface area contributed by atoms with Crippen LogP contribution in [-0.2, 0) is 11.2 Å². The molecular formula is C13H20N4O2S. The summed E-state index contributed by atoms with van der Waals surface area (Å²) < 4.78 is 0. The first-order valence-electron chi connectivity index (χ1n) is 6.92. The molecule has 1 saturated heterocycles. The molecule has 3 amide bonds. The summed E-state index contributed by atoms with van der Waals surface area (Å²) in [7, 11) is 0. The van der Waals surface area contributed by atoms with Gasteiger partial charge in [0.1, 0.15) is 0 Å². The Morgan fingerprint density at radius 2 is 2.30 bits per heavy atom. The van der Waals surface area contributed by atoms with E-state index in [0.29, 0.717) is 18.1 Å². The van der Waals surface area contributed by atoms with Gasteiger partial charge in [0.15, 0.2) is 5.13 Å². The van der Waals surface area contributed by atoms with Crippen molar-refractivity contribution in [1.29, 1.82) is 0 Å². The molecule has 2 N–H and O–H groups in total. The second-order valence-corrected chi connectivity index (χ2v) is 5.63. The highest BCUT2D eigenvalue weighted by atomic mass is 32.1. The van der Waals surface area contributed by atoms with Crippen LogP contribution in [-0.4, -0.2) is 41.0 Å². The lowest BCUT2D eigenvalue weighted by atomic mass is 10.3. The van der Waals surface area contributed by atoms with E-state index in [4.69, 9.17) is 0 Å². The molecule has 0 aromatic carbocycles. The summed E-state index contributed by atoms with van der Waals surface area (Å²) in [5, 5.41) is 8.17. The number of aromatic nitrogens is 1. The fraction of sp³-hybridized carbons (Fsp3) is 0.615. The Kier molecular flexibility index (Phi) is 4.94. The van der Waals surface area contributed by atoms with Crippen LogP contribution in [0.4, 0.5) is 9.93 Å². The maximum Gasteiger partial charge on any atom is 0.321 e. The van der Waals surface area contributed by atoms with E-state index in [9.17, 15) is 9.59 Å². The molecule has 1 fully saturated rings. The summed E-state index contributed by atoms with van der Waals surface area (Å²) in [5.41, 5.74) is 0.978. The van der Waals surface area contributed by atoms with Gasteiger partial charge in [0.05, 0.1) is 5.69 Å². The summed E-state index contributed by atoms with van der Waals surface area (Å²) in [6.07, 6.45) is 2.17. The van der Waals surface area contributed by atoms with Crippen LogP contribution in [0.3, 0.4) is 0 Å². The second-order valence-electron chi connectivity index (χ2n) is 4.77. The number of aryl methyl sites for hydroxylation is 1. The monoisotopic (exact) mass is 296 g/mol. The topological polar surface area (TPSA) is 74.3 Å². The van der Waals surface area contributed by atoms with Crippen LogP contribution < -0.4 is 10.6 Å². The van der Waals surface area contributed by atoms with E-state index in [1.807, 2.05) is 19.2 Å². The minimum Gasteiger partial charge on any atom is -0.341 e. The molecule has 0 aliphatic carbocycles. The van der Waals surface area contributed by atoms with E-state index in [0.717, 1.165) is 25.1 Å². The maximum absolute atomic E-state index is 11.9. The highest BCUT2D eigenvalue weighted by Crippen LogP contribution is 2.16. The van der Waals surface area contributed by atoms with E-state index < -0.39 is 0 Å². The first-order valence-corrected chi connectivity index (χ1v) is 7.80. The first kappa shape index (κ1) is 14.8. The highest BCUT2D eigenvalue weighted by Gasteiger charge is 2.26. The lowest BCUT2D eigenvalue weighted by Gasteiger charge is -2.16. The van der Waals surface area contributed by atoms with Gasteiger partial charge in [-0.2, -0.15) is 0 Å². The summed E-state index contributed by atoms with van der Waals surface area (Å²) in [6, 6.07) is -0.228. The summed E-state index contributed by atoms with van der Waals surface area (Å²) in [4.78, 5) is 29.5. The van der Waals surface area contributed by atoms with Gasteiger partial charge in [-0.3, -0.25) is 10.1 Å². The zero-order chi connectivity index (χ0) is 14.5. The quantitative estimate of drug-likeness (QED) is 0.890. The predicted molar refractivity (Wildman–Crippen MR) is 78.9 cm³/mol. The van der Waals surface area contributed by atoms with E-state index in [1.54, 1.807) is 4.90 Å². The molecule has 20 heavy (non-hydrogen) atoms. The summed E-state index contributed by atoms with van der Waals surface area (Å²) in [5.74, 6) is 0.141. The molecule has 1 unspecified atom stereocenters. The standard InChI is InChI=1S/C13H20N4O2S/c1-3-9-8-20-13(15-9)16-12(19)14-10-5-6-17(7-10)11(18)4-2/h8,10H,3-7H2,1-2H3,(H2,14,15,16,19). The molecule has 1 aromatic rings. The minimum absolute atomic E-state index is 0.0242. The van der Waals surface area contributed by atoms with Gasteiger partial charge < -0.3 is 10.2 Å². The fourth-order valence-corrected chi connectivity index (χ4v) is 2.96. The van der Waals surface area contributed by atoms with Crippen molar-refractivity contribution in [2.24, 2.45) is 0 Å². The van der Waals surface area contributed by atoms with Gasteiger partial charge >= 0.3 is 6.03 Å². The largest absolute Gasteiger partial charge is 0.341 e. The number of likely N-dealkylation sites (tertiary alicyclic amines) is 1. The van der Waals surface area contributed by atoms with Crippen molar-refractivity contribution in [3.63, 3.8) is 0 Å². The Hall–Kier alpha value is -1.63. The van der Waals surface area contributed by atoms with Crippen molar-refractivity contribution in [3.8, 4) is 0 Å². The molecule has 1 aliphatic rings. The molecule has 0 bridgehead atoms. The SMILES string of the molecule is CCC(=O)N1CCC(NC(=O)Nc2nc(CC)cs2)C1. The Balaban J connectivity index is 1.79. The van der Waals surface area contributed by atoms with Crippen molar-refractivity contribution >= 4 is 28.4 Å². The van der Waals surface area contributed by atoms with Crippen molar-refractivity contribution in [2.45, 2.75) is 39.2 Å². The number of hydrogen-bond acceptors (Lipinski definition) is 4. The summed E-state index contributed by atoms with van der Waals surface area (Å²) >= 11 is 1.42. The maximum atomic E-state index is 11.9. The fourth-order valence-electron chi connectivity index (χ4n) is 2.17. The van der Waals surface area contributed by atoms with Gasteiger partial charge in [-0.1, -0.05) is 13.8 Å². The van der Waals surface area contributed by atoms with Gasteiger partial charge in [0.25, 0.3) is 0 Å². The van der Waals surface area contributed by atoms with Crippen LogP contribution in [0.5, 0.6) is 0 Å². The number of anilines is 1. The molecule has 1 atom stereocenters. The minimum atomic E-state index is -0.252. The van der Waals surface area contributed by atoms with Crippen LogP contribution in [0.2, 0.25) is 0 Å². The number of rotatable bonds is 4. The predicted octanol–water partition coefficient (Wildman–Crippen LogP) is 1.84. The highest BCUT2D eigenvalue weighted by molar-refractivity contribution is 7.13. The smallest absolute Gasteiger partial charge is 0.321 e. The molecule has 7 heteroatoms. The zero-order valence-corrected chi connectivity index (χ0v) is 12.6. The Morgan fingerprint density at radius 3 is 2.95 bits per heavy atom. The molecule has 2 heterocycles. The van der Waals surface area contributed by atoms with Crippen LogP contribution in [0.1, 0.15) is 32.4 Å². The van der Waals surface area contributed by atoms with Crippen molar-refractivity contribution < 1.29 is 9.59 Å². The van der Waals surface area contributed by atoms with Crippen LogP contribution in [0.15, 0.2) is 5.38 Å². The number of nitrogens with one attached hydrogen (secondary N) is 2. The number of hydrogen-bond donors (Lipinski definition) is 2. The molecular weight excluding hydrogens is 276 g/mol. The Morgan fingerprint density at radius 1 is 1.50 bits per heavy atom. The third kappa shape index (κ3) is 3.69. The molecule has 110 valence electrons. The number of carbonyl (C=O) groups excluding carboxylic acids is 2. The van der Waals surface area contributed by atoms with E-state index in [-0.39, 0.29) is 18.0 Å². The van der Waals surface area contributed by atoms with Gasteiger partial charge in [-0.15, -0.1) is 11.3 Å². The lowest BCUT2D eigenvalue weighted by Crippen LogP contribution is -2.40. The van der Waals surface area contributed by atoms with E-state index in [1.165, 1.54) is 11.3 Å². The van der Waals surface area contributed by atoms with Crippen molar-refractivity contribution in [2.75, 3.05) is 18.4 Å². The van der Waals surface area contributed by atoms with Crippen LogP contribution in [0.25, 0.3) is 0 Å². The lowest BCUT2D eigenvalue weighted by molar-refractivity contribution is -0.129. The average molecular weight is 296 g/mol. The number of nitrogens with zero attached hydrogens (tertiary/aromatic N) is 2. The molecule has 0 radical (unpaired) electrons. The number of amides is 3. The van der Waals surface area contributed by atoms with E-state index in [2.05, 4.69) is 15.6 Å². The average Bonchev–Trinajstić information content (AvgIpc) is 3.07. The van der Waals surface area contributed by atoms with E-state index >= 15 is 0 Å². The molecule has 0 spiro atoms. The van der Waals surface area contributed by atoms with Gasteiger partial charge in [0.2, 0.25) is 5.91 Å². The number of carbonyl (C=O) groups is 2. The second kappa shape index (κ2) is 6.69. The molecule has 1 aliphatic heterocycles. The number of urea groups is 1. The zero-order valence-electron chi connectivity index (χ0n) is 11.8. The third-order valence-corrected chi connectivity index (χ3v) is 4.12. The van der Waals surface area contributed by atoms with Gasteiger partial charge in [0, 0.05) is 30.9 Å². The van der Waals surface area contributed by atoms with Crippen molar-refractivity contribution in [1.82, 2.24) is 15.2 Å². The molecule has 1 aromatic heterocycles. The molecule has 2 rings (SSSR count). The molecule has 0 saturated carbocycles. The van der Waals surface area contributed by atoms with Crippen molar-refractivity contribution in [3.05, 3.63) is 11.1 Å². The molecule has 6 nitrogen and oxygen atoms in total. The van der Waals surface area contributed by atoms with Crippen LogP contribution in [0, 0.1) is 0 Å².